The highest BCUT2D eigenvalue weighted by atomic mass is 19.1. The Morgan fingerprint density at radius 3 is 2.79 bits per heavy atom. The summed E-state index contributed by atoms with van der Waals surface area (Å²) in [6.07, 6.45) is 0.233. The molecule has 148 valence electrons. The Morgan fingerprint density at radius 2 is 2.18 bits per heavy atom. The minimum Gasteiger partial charge on any atom is -0.444 e. The van der Waals surface area contributed by atoms with Gasteiger partial charge in [-0.05, 0) is 44.9 Å². The number of nitrogens with one attached hydrogen (secondary N) is 1. The van der Waals surface area contributed by atoms with E-state index >= 15 is 4.39 Å². The van der Waals surface area contributed by atoms with Crippen molar-refractivity contribution < 1.29 is 13.9 Å². The van der Waals surface area contributed by atoms with Gasteiger partial charge in [0.15, 0.2) is 0 Å². The van der Waals surface area contributed by atoms with E-state index in [-0.39, 0.29) is 6.54 Å². The average Bonchev–Trinajstić information content (AvgIpc) is 2.65. The number of aromatic nitrogens is 2. The van der Waals surface area contributed by atoms with Crippen molar-refractivity contribution >= 4 is 22.9 Å². The Bertz CT molecular complexity index is 935. The zero-order valence-corrected chi connectivity index (χ0v) is 16.5. The van der Waals surface area contributed by atoms with Crippen LogP contribution in [0.15, 0.2) is 18.3 Å². The monoisotopic (exact) mass is 385 g/mol. The van der Waals surface area contributed by atoms with Crippen molar-refractivity contribution in [2.24, 2.45) is 0 Å². The molecule has 1 N–H and O–H groups in total. The number of nitrogens with zero attached hydrogens (tertiary/aromatic N) is 4. The molecule has 2 heterocycles. The second kappa shape index (κ2) is 7.58. The van der Waals surface area contributed by atoms with Gasteiger partial charge < -0.3 is 15.0 Å². The lowest BCUT2D eigenvalue weighted by molar-refractivity contribution is 0.0111. The van der Waals surface area contributed by atoms with Gasteiger partial charge in [-0.2, -0.15) is 5.26 Å². The van der Waals surface area contributed by atoms with Gasteiger partial charge in [-0.3, -0.25) is 0 Å². The molecule has 0 spiro atoms. The lowest BCUT2D eigenvalue weighted by Crippen LogP contribution is -2.46. The molecule has 0 aliphatic carbocycles. The number of carbonyl (C=O) groups excluding carboxylic acids is 1. The van der Waals surface area contributed by atoms with Crippen LogP contribution in [-0.4, -0.2) is 52.9 Å². The fourth-order valence-electron chi connectivity index (χ4n) is 3.37. The number of fused-ring (bicyclic) bond motifs is 1. The molecule has 1 aromatic carbocycles. The van der Waals surface area contributed by atoms with E-state index in [1.54, 1.807) is 46.1 Å². The predicted molar refractivity (Wildman–Crippen MR) is 104 cm³/mol. The summed E-state index contributed by atoms with van der Waals surface area (Å²) in [7, 11) is 1.72. The van der Waals surface area contributed by atoms with Crippen molar-refractivity contribution in [3.05, 3.63) is 29.5 Å². The number of hydrogen-bond donors (Lipinski definition) is 1. The van der Waals surface area contributed by atoms with Gasteiger partial charge in [0, 0.05) is 31.1 Å². The van der Waals surface area contributed by atoms with Crippen LogP contribution in [0, 0.1) is 11.3 Å². The average molecular weight is 385 g/mol. The Balaban J connectivity index is 1.86. The molecular weight excluding hydrogens is 361 g/mol. The van der Waals surface area contributed by atoms with E-state index in [1.807, 2.05) is 0 Å². The van der Waals surface area contributed by atoms with Crippen LogP contribution in [0.25, 0.3) is 10.9 Å². The first-order valence-corrected chi connectivity index (χ1v) is 9.22. The molecule has 2 atom stereocenters. The number of amides is 1. The Hall–Kier alpha value is -2.95. The largest absolute Gasteiger partial charge is 0.444 e. The molecule has 0 bridgehead atoms. The third-order valence-corrected chi connectivity index (χ3v) is 4.69. The van der Waals surface area contributed by atoms with Crippen LogP contribution in [0.2, 0.25) is 0 Å². The van der Waals surface area contributed by atoms with E-state index in [1.165, 1.54) is 4.90 Å². The minimum absolute atomic E-state index is 0.0615. The molecule has 0 radical (unpaired) electrons. The molecule has 3 rings (SSSR count). The van der Waals surface area contributed by atoms with Crippen LogP contribution in [0.3, 0.4) is 0 Å². The molecule has 1 saturated heterocycles. The normalized spacial score (nSPS) is 19.9. The van der Waals surface area contributed by atoms with Gasteiger partial charge in [-0.15, -0.1) is 0 Å². The van der Waals surface area contributed by atoms with Crippen molar-refractivity contribution in [2.45, 2.75) is 44.9 Å². The van der Waals surface area contributed by atoms with Crippen molar-refractivity contribution in [1.29, 1.82) is 5.26 Å². The van der Waals surface area contributed by atoms with E-state index in [9.17, 15) is 10.1 Å². The molecule has 2 unspecified atom stereocenters. The summed E-state index contributed by atoms with van der Waals surface area (Å²) >= 11 is 0. The van der Waals surface area contributed by atoms with E-state index in [0.29, 0.717) is 35.6 Å². The first kappa shape index (κ1) is 19.8. The summed E-state index contributed by atoms with van der Waals surface area (Å²) < 4.78 is 20.4. The SMILES string of the molecule is CNc1ncc2cc(C#N)c(C3CCN(C(=O)OC(C)(C)C)CC3F)cc2n1. The molecule has 7 nitrogen and oxygen atoms in total. The number of rotatable bonds is 2. The van der Waals surface area contributed by atoms with Crippen LogP contribution >= 0.6 is 0 Å². The van der Waals surface area contributed by atoms with Gasteiger partial charge in [-0.1, -0.05) is 0 Å². The summed E-state index contributed by atoms with van der Waals surface area (Å²) in [6, 6.07) is 5.61. The molecule has 1 amide bonds. The lowest BCUT2D eigenvalue weighted by atomic mass is 9.85. The summed E-state index contributed by atoms with van der Waals surface area (Å²) in [4.78, 5) is 22.2. The highest BCUT2D eigenvalue weighted by Gasteiger charge is 2.35. The number of piperidine rings is 1. The summed E-state index contributed by atoms with van der Waals surface area (Å²) in [5.41, 5.74) is 1.05. The zero-order valence-electron chi connectivity index (χ0n) is 16.5. The molecule has 8 heteroatoms. The van der Waals surface area contributed by atoms with Crippen molar-refractivity contribution in [1.82, 2.24) is 14.9 Å². The smallest absolute Gasteiger partial charge is 0.410 e. The summed E-state index contributed by atoms with van der Waals surface area (Å²) in [5, 5.41) is 13.1. The first-order valence-electron chi connectivity index (χ1n) is 9.22. The van der Waals surface area contributed by atoms with Crippen LogP contribution in [-0.2, 0) is 4.74 Å². The summed E-state index contributed by atoms with van der Waals surface area (Å²) in [6.45, 7) is 5.64. The van der Waals surface area contributed by atoms with E-state index < -0.39 is 23.8 Å². The molecule has 1 aromatic heterocycles. The van der Waals surface area contributed by atoms with Gasteiger partial charge in [0.1, 0.15) is 11.8 Å². The number of nitriles is 1. The zero-order chi connectivity index (χ0) is 20.5. The third kappa shape index (κ3) is 4.14. The molecule has 0 saturated carbocycles. The third-order valence-electron chi connectivity index (χ3n) is 4.69. The van der Waals surface area contributed by atoms with Crippen LogP contribution in [0.4, 0.5) is 15.1 Å². The number of benzene rings is 1. The van der Waals surface area contributed by atoms with E-state index in [2.05, 4.69) is 21.4 Å². The van der Waals surface area contributed by atoms with Crippen LogP contribution in [0.5, 0.6) is 0 Å². The Kier molecular flexibility index (Phi) is 5.36. The topological polar surface area (TPSA) is 91.1 Å². The molecule has 1 aliphatic rings. The van der Waals surface area contributed by atoms with E-state index in [0.717, 1.165) is 5.39 Å². The number of likely N-dealkylation sites (tertiary alicyclic amines) is 1. The Labute approximate surface area is 163 Å². The van der Waals surface area contributed by atoms with Crippen molar-refractivity contribution in [2.75, 3.05) is 25.5 Å². The number of ether oxygens (including phenoxy) is 1. The predicted octanol–water partition coefficient (Wildman–Crippen LogP) is 3.61. The number of carbonyl (C=O) groups is 1. The molecule has 1 aliphatic heterocycles. The highest BCUT2D eigenvalue weighted by molar-refractivity contribution is 5.81. The lowest BCUT2D eigenvalue weighted by Gasteiger charge is -2.36. The van der Waals surface area contributed by atoms with Crippen molar-refractivity contribution in [3.8, 4) is 6.07 Å². The maximum Gasteiger partial charge on any atom is 0.410 e. The minimum atomic E-state index is -1.29. The molecular formula is C20H24FN5O2. The van der Waals surface area contributed by atoms with Gasteiger partial charge in [0.05, 0.1) is 23.7 Å². The standard InChI is InChI=1S/C20H24FN5O2/c1-20(2,3)28-19(27)26-6-5-14(16(21)11-26)15-8-17-13(7-12(15)9-22)10-24-18(23-4)25-17/h7-8,10,14,16H,5-6,11H2,1-4H3,(H,23,24,25). The molecule has 1 fully saturated rings. The van der Waals surface area contributed by atoms with E-state index in [4.69, 9.17) is 4.74 Å². The Morgan fingerprint density at radius 1 is 1.43 bits per heavy atom. The number of anilines is 1. The molecule has 2 aromatic rings. The molecule has 28 heavy (non-hydrogen) atoms. The van der Waals surface area contributed by atoms with Gasteiger partial charge in [-0.25, -0.2) is 19.2 Å². The van der Waals surface area contributed by atoms with Gasteiger partial charge in [0.2, 0.25) is 5.95 Å². The number of hydrogen-bond acceptors (Lipinski definition) is 6. The fourth-order valence-corrected chi connectivity index (χ4v) is 3.37. The van der Waals surface area contributed by atoms with Crippen molar-refractivity contribution in [3.63, 3.8) is 0 Å². The maximum absolute atomic E-state index is 15.0. The van der Waals surface area contributed by atoms with Gasteiger partial charge in [0.25, 0.3) is 0 Å². The summed E-state index contributed by atoms with van der Waals surface area (Å²) in [5.74, 6) is -0.0227. The number of alkyl halides is 1. The van der Waals surface area contributed by atoms with Crippen LogP contribution in [0.1, 0.15) is 44.2 Å². The second-order valence-electron chi connectivity index (χ2n) is 7.89. The maximum atomic E-state index is 15.0. The van der Waals surface area contributed by atoms with Gasteiger partial charge >= 0.3 is 6.09 Å². The quantitative estimate of drug-likeness (QED) is 0.849. The highest BCUT2D eigenvalue weighted by Crippen LogP contribution is 2.35. The van der Waals surface area contributed by atoms with Crippen LogP contribution < -0.4 is 5.32 Å². The fraction of sp³-hybridized carbons (Fsp3) is 0.500. The first-order chi connectivity index (χ1) is 13.2. The second-order valence-corrected chi connectivity index (χ2v) is 7.89. The number of halogens is 1.